The van der Waals surface area contributed by atoms with Crippen molar-refractivity contribution in [2.75, 3.05) is 12.4 Å². The Morgan fingerprint density at radius 1 is 1.10 bits per heavy atom. The van der Waals surface area contributed by atoms with Gasteiger partial charge in [0.2, 0.25) is 0 Å². The molecule has 1 amide bonds. The van der Waals surface area contributed by atoms with Crippen molar-refractivity contribution in [1.29, 1.82) is 0 Å². The molecule has 0 saturated carbocycles. The first-order valence-corrected chi connectivity index (χ1v) is 9.34. The smallest absolute Gasteiger partial charge is 0.277 e. The van der Waals surface area contributed by atoms with E-state index in [9.17, 15) is 13.6 Å². The second-order valence-corrected chi connectivity index (χ2v) is 6.82. The second-order valence-electron chi connectivity index (χ2n) is 5.96. The van der Waals surface area contributed by atoms with E-state index >= 15 is 0 Å². The summed E-state index contributed by atoms with van der Waals surface area (Å²) in [6.07, 6.45) is 1.67. The third kappa shape index (κ3) is 3.99. The predicted octanol–water partition coefficient (Wildman–Crippen LogP) is 4.53. The van der Waals surface area contributed by atoms with Gasteiger partial charge in [-0.2, -0.15) is 5.10 Å². The highest BCUT2D eigenvalue weighted by atomic mass is 32.1. The van der Waals surface area contributed by atoms with Gasteiger partial charge >= 0.3 is 0 Å². The SMILES string of the molecule is COc1ccc(-n2ccc(C(=O)Nc3nc(-c4ccc(F)c(F)c4)cs3)n2)cc1. The summed E-state index contributed by atoms with van der Waals surface area (Å²) < 4.78 is 33.2. The van der Waals surface area contributed by atoms with Gasteiger partial charge in [0.25, 0.3) is 5.91 Å². The second kappa shape index (κ2) is 7.80. The highest BCUT2D eigenvalue weighted by molar-refractivity contribution is 7.14. The highest BCUT2D eigenvalue weighted by Gasteiger charge is 2.14. The van der Waals surface area contributed by atoms with E-state index in [1.807, 2.05) is 12.1 Å². The maximum absolute atomic E-state index is 13.4. The molecule has 0 unspecified atom stereocenters. The number of nitrogens with zero attached hydrogens (tertiary/aromatic N) is 3. The number of methoxy groups -OCH3 is 1. The number of halogens is 2. The molecular formula is C20H14F2N4O2S. The minimum atomic E-state index is -0.954. The van der Waals surface area contributed by atoms with E-state index in [4.69, 9.17) is 4.74 Å². The number of hydrogen-bond acceptors (Lipinski definition) is 5. The lowest BCUT2D eigenvalue weighted by Crippen LogP contribution is -2.13. The summed E-state index contributed by atoms with van der Waals surface area (Å²) in [7, 11) is 1.59. The zero-order valence-corrected chi connectivity index (χ0v) is 15.9. The minimum Gasteiger partial charge on any atom is -0.497 e. The van der Waals surface area contributed by atoms with E-state index in [2.05, 4.69) is 15.4 Å². The number of carbonyl (C=O) groups is 1. The molecule has 0 saturated heterocycles. The Morgan fingerprint density at radius 2 is 1.90 bits per heavy atom. The molecule has 146 valence electrons. The van der Waals surface area contributed by atoms with E-state index in [1.165, 1.54) is 17.4 Å². The first-order chi connectivity index (χ1) is 14.0. The Kier molecular flexibility index (Phi) is 5.05. The normalized spacial score (nSPS) is 10.7. The van der Waals surface area contributed by atoms with Crippen LogP contribution in [0.15, 0.2) is 60.1 Å². The van der Waals surface area contributed by atoms with Crippen LogP contribution in [-0.2, 0) is 0 Å². The maximum Gasteiger partial charge on any atom is 0.277 e. The van der Waals surface area contributed by atoms with Gasteiger partial charge in [0.1, 0.15) is 5.75 Å². The Morgan fingerprint density at radius 3 is 2.62 bits per heavy atom. The zero-order valence-electron chi connectivity index (χ0n) is 15.1. The van der Waals surface area contributed by atoms with Crippen molar-refractivity contribution in [3.8, 4) is 22.7 Å². The van der Waals surface area contributed by atoms with Crippen LogP contribution in [0, 0.1) is 11.6 Å². The summed E-state index contributed by atoms with van der Waals surface area (Å²) in [5.41, 5.74) is 1.85. The topological polar surface area (TPSA) is 69.0 Å². The van der Waals surface area contributed by atoms with Gasteiger partial charge in [-0.1, -0.05) is 0 Å². The maximum atomic E-state index is 13.4. The van der Waals surface area contributed by atoms with Gasteiger partial charge in [-0.15, -0.1) is 11.3 Å². The average Bonchev–Trinajstić information content (AvgIpc) is 3.40. The quantitative estimate of drug-likeness (QED) is 0.523. The number of nitrogens with one attached hydrogen (secondary N) is 1. The van der Waals surface area contributed by atoms with E-state index in [0.717, 1.165) is 23.6 Å². The molecule has 2 aromatic carbocycles. The molecule has 9 heteroatoms. The molecular weight excluding hydrogens is 398 g/mol. The molecule has 6 nitrogen and oxygen atoms in total. The molecule has 0 spiro atoms. The molecule has 0 bridgehead atoms. The van der Waals surface area contributed by atoms with Crippen LogP contribution < -0.4 is 10.1 Å². The van der Waals surface area contributed by atoms with Crippen molar-refractivity contribution in [1.82, 2.24) is 14.8 Å². The van der Waals surface area contributed by atoms with Crippen LogP contribution >= 0.6 is 11.3 Å². The summed E-state index contributed by atoms with van der Waals surface area (Å²) in [6.45, 7) is 0. The van der Waals surface area contributed by atoms with Gasteiger partial charge in [-0.05, 0) is 48.5 Å². The van der Waals surface area contributed by atoms with Gasteiger partial charge < -0.3 is 4.74 Å². The lowest BCUT2D eigenvalue weighted by Gasteiger charge is -2.03. The zero-order chi connectivity index (χ0) is 20.4. The van der Waals surface area contributed by atoms with E-state index in [1.54, 1.807) is 41.6 Å². The number of hydrogen-bond donors (Lipinski definition) is 1. The standard InChI is InChI=1S/C20H14F2N4O2S/c1-28-14-5-3-13(4-6-14)26-9-8-17(25-26)19(27)24-20-23-18(11-29-20)12-2-7-15(21)16(22)10-12/h2-11H,1H3,(H,23,24,27). The predicted molar refractivity (Wildman–Crippen MR) is 106 cm³/mol. The molecule has 4 aromatic rings. The van der Waals surface area contributed by atoms with Crippen molar-refractivity contribution in [2.45, 2.75) is 0 Å². The minimum absolute atomic E-state index is 0.213. The molecule has 0 atom stereocenters. The van der Waals surface area contributed by atoms with Crippen LogP contribution in [0.3, 0.4) is 0 Å². The molecule has 0 aliphatic rings. The number of ether oxygens (including phenoxy) is 1. The summed E-state index contributed by atoms with van der Waals surface area (Å²) in [6, 6.07) is 12.3. The lowest BCUT2D eigenvalue weighted by molar-refractivity contribution is 0.102. The molecule has 0 aliphatic heterocycles. The Hall–Kier alpha value is -3.59. The van der Waals surface area contributed by atoms with Gasteiger partial charge in [-0.25, -0.2) is 18.4 Å². The van der Waals surface area contributed by atoms with Crippen LogP contribution in [0.5, 0.6) is 5.75 Å². The van der Waals surface area contributed by atoms with Crippen LogP contribution in [0.1, 0.15) is 10.5 Å². The summed E-state index contributed by atoms with van der Waals surface area (Å²) in [5.74, 6) is -1.59. The Labute approximate surface area is 168 Å². The molecule has 1 N–H and O–H groups in total. The molecule has 0 fully saturated rings. The number of carbonyl (C=O) groups excluding carboxylic acids is 1. The van der Waals surface area contributed by atoms with Crippen LogP contribution in [-0.4, -0.2) is 27.8 Å². The molecule has 4 rings (SSSR count). The van der Waals surface area contributed by atoms with Crippen molar-refractivity contribution < 1.29 is 18.3 Å². The van der Waals surface area contributed by atoms with Gasteiger partial charge in [0.15, 0.2) is 22.5 Å². The highest BCUT2D eigenvalue weighted by Crippen LogP contribution is 2.26. The fourth-order valence-electron chi connectivity index (χ4n) is 2.60. The first kappa shape index (κ1) is 18.8. The van der Waals surface area contributed by atoms with Crippen molar-refractivity contribution in [3.05, 3.63) is 77.4 Å². The van der Waals surface area contributed by atoms with Gasteiger partial charge in [-0.3, -0.25) is 10.1 Å². The first-order valence-electron chi connectivity index (χ1n) is 8.46. The number of anilines is 1. The molecule has 2 aromatic heterocycles. The third-order valence-corrected chi connectivity index (χ3v) is 4.86. The van der Waals surface area contributed by atoms with E-state index in [-0.39, 0.29) is 5.69 Å². The Balaban J connectivity index is 1.48. The summed E-state index contributed by atoms with van der Waals surface area (Å²) in [4.78, 5) is 16.7. The van der Waals surface area contributed by atoms with Crippen molar-refractivity contribution >= 4 is 22.4 Å². The number of amides is 1. The average molecular weight is 412 g/mol. The number of thiazole rings is 1. The third-order valence-electron chi connectivity index (χ3n) is 4.10. The Bertz CT molecular complexity index is 1170. The lowest BCUT2D eigenvalue weighted by atomic mass is 10.2. The van der Waals surface area contributed by atoms with Gasteiger partial charge in [0.05, 0.1) is 18.5 Å². The summed E-state index contributed by atoms with van der Waals surface area (Å²) >= 11 is 1.18. The number of benzene rings is 2. The van der Waals surface area contributed by atoms with Crippen molar-refractivity contribution in [2.24, 2.45) is 0 Å². The molecule has 29 heavy (non-hydrogen) atoms. The number of rotatable bonds is 5. The van der Waals surface area contributed by atoms with Crippen molar-refractivity contribution in [3.63, 3.8) is 0 Å². The molecule has 2 heterocycles. The van der Waals surface area contributed by atoms with E-state index < -0.39 is 17.5 Å². The fourth-order valence-corrected chi connectivity index (χ4v) is 3.32. The molecule has 0 radical (unpaired) electrons. The fraction of sp³-hybridized carbons (Fsp3) is 0.0500. The van der Waals surface area contributed by atoms with Crippen LogP contribution in [0.25, 0.3) is 16.9 Å². The summed E-state index contributed by atoms with van der Waals surface area (Å²) in [5, 5.41) is 8.91. The monoisotopic (exact) mass is 412 g/mol. The largest absolute Gasteiger partial charge is 0.497 e. The van der Waals surface area contributed by atoms with Crippen LogP contribution in [0.4, 0.5) is 13.9 Å². The van der Waals surface area contributed by atoms with E-state index in [0.29, 0.717) is 16.4 Å². The van der Waals surface area contributed by atoms with Gasteiger partial charge in [0, 0.05) is 17.1 Å². The molecule has 0 aliphatic carbocycles. The number of aromatic nitrogens is 3. The van der Waals surface area contributed by atoms with Crippen LogP contribution in [0.2, 0.25) is 0 Å².